The van der Waals surface area contributed by atoms with Crippen molar-refractivity contribution in [2.45, 2.75) is 19.8 Å². The molecule has 0 N–H and O–H groups in total. The molecule has 0 amide bonds. The Labute approximate surface area is 114 Å². The lowest BCUT2D eigenvalue weighted by molar-refractivity contribution is 1.000. The molecule has 0 atom stereocenters. The third-order valence-corrected chi connectivity index (χ3v) is 3.14. The summed E-state index contributed by atoms with van der Waals surface area (Å²) in [6, 6.07) is 18.5. The van der Waals surface area contributed by atoms with Gasteiger partial charge in [0.05, 0.1) is 11.6 Å². The van der Waals surface area contributed by atoms with E-state index in [0.29, 0.717) is 5.56 Å². The Morgan fingerprint density at radius 3 is 2.05 bits per heavy atom. The van der Waals surface area contributed by atoms with E-state index < -0.39 is 0 Å². The molecule has 0 saturated carbocycles. The fourth-order valence-electron chi connectivity index (χ4n) is 2.02. The Hall–Kier alpha value is -2.33. The summed E-state index contributed by atoms with van der Waals surface area (Å²) in [6.45, 7) is 2.05. The van der Waals surface area contributed by atoms with Gasteiger partial charge in [0.25, 0.3) is 0 Å². The normalized spacial score (nSPS) is 10.5. The summed E-state index contributed by atoms with van der Waals surface area (Å²) in [5.74, 6) is 0. The molecule has 0 aliphatic heterocycles. The van der Waals surface area contributed by atoms with Crippen LogP contribution < -0.4 is 0 Å². The second-order valence-electron chi connectivity index (χ2n) is 4.49. The standard InChI is InChI=1S/C18H17N/c1-2-3-4-5-15-6-10-17(11-7-15)18-12-8-16(14-19)9-13-18/h2-3,6-13H,4-5H2,1H3/b3-2+. The van der Waals surface area contributed by atoms with E-state index in [0.717, 1.165) is 18.4 Å². The highest BCUT2D eigenvalue weighted by Crippen LogP contribution is 2.20. The highest BCUT2D eigenvalue weighted by atomic mass is 14.2. The summed E-state index contributed by atoms with van der Waals surface area (Å²) in [4.78, 5) is 0. The average Bonchev–Trinajstić information content (AvgIpc) is 2.48. The first kappa shape index (κ1) is 13.1. The molecule has 1 heteroatoms. The summed E-state index contributed by atoms with van der Waals surface area (Å²) < 4.78 is 0. The van der Waals surface area contributed by atoms with Crippen molar-refractivity contribution >= 4 is 0 Å². The molecular weight excluding hydrogens is 230 g/mol. The second-order valence-corrected chi connectivity index (χ2v) is 4.49. The molecule has 0 saturated heterocycles. The van der Waals surface area contributed by atoms with Crippen LogP contribution in [0.15, 0.2) is 60.7 Å². The molecule has 0 aliphatic rings. The maximum atomic E-state index is 8.78. The van der Waals surface area contributed by atoms with Crippen molar-refractivity contribution in [1.82, 2.24) is 0 Å². The lowest BCUT2D eigenvalue weighted by atomic mass is 10.0. The van der Waals surface area contributed by atoms with Crippen molar-refractivity contribution in [3.05, 3.63) is 71.8 Å². The van der Waals surface area contributed by atoms with Crippen molar-refractivity contribution in [1.29, 1.82) is 5.26 Å². The van der Waals surface area contributed by atoms with E-state index in [4.69, 9.17) is 5.26 Å². The summed E-state index contributed by atoms with van der Waals surface area (Å²) in [5.41, 5.74) is 4.40. The minimum absolute atomic E-state index is 0.701. The van der Waals surface area contributed by atoms with Crippen molar-refractivity contribution in [3.63, 3.8) is 0 Å². The zero-order valence-electron chi connectivity index (χ0n) is 11.1. The number of hydrogen-bond acceptors (Lipinski definition) is 1. The van der Waals surface area contributed by atoms with Crippen LogP contribution in [0.1, 0.15) is 24.5 Å². The van der Waals surface area contributed by atoms with Crippen LogP contribution in [0, 0.1) is 11.3 Å². The van der Waals surface area contributed by atoms with Crippen LogP contribution in [-0.2, 0) is 6.42 Å². The Kier molecular flexibility index (Phi) is 4.53. The van der Waals surface area contributed by atoms with Crippen LogP contribution in [-0.4, -0.2) is 0 Å². The third kappa shape index (κ3) is 3.56. The van der Waals surface area contributed by atoms with Crippen LogP contribution in [0.5, 0.6) is 0 Å². The van der Waals surface area contributed by atoms with Crippen LogP contribution >= 0.6 is 0 Å². The van der Waals surface area contributed by atoms with Gasteiger partial charge in [-0.3, -0.25) is 0 Å². The van der Waals surface area contributed by atoms with Gasteiger partial charge >= 0.3 is 0 Å². The van der Waals surface area contributed by atoms with E-state index in [1.807, 2.05) is 31.2 Å². The van der Waals surface area contributed by atoms with E-state index in [1.165, 1.54) is 11.1 Å². The van der Waals surface area contributed by atoms with Gasteiger partial charge in [0.15, 0.2) is 0 Å². The zero-order valence-corrected chi connectivity index (χ0v) is 11.1. The Bertz CT molecular complexity index is 583. The quantitative estimate of drug-likeness (QED) is 0.716. The van der Waals surface area contributed by atoms with Gasteiger partial charge in [-0.2, -0.15) is 5.26 Å². The molecule has 2 aromatic rings. The molecule has 0 aliphatic carbocycles. The fraction of sp³-hybridized carbons (Fsp3) is 0.167. The first-order chi connectivity index (χ1) is 9.33. The number of rotatable bonds is 4. The van der Waals surface area contributed by atoms with Gasteiger partial charge in [-0.05, 0) is 48.6 Å². The van der Waals surface area contributed by atoms with Crippen LogP contribution in [0.25, 0.3) is 11.1 Å². The number of allylic oxidation sites excluding steroid dienone is 2. The maximum Gasteiger partial charge on any atom is 0.0991 e. The number of benzene rings is 2. The monoisotopic (exact) mass is 247 g/mol. The Morgan fingerprint density at radius 2 is 1.53 bits per heavy atom. The summed E-state index contributed by atoms with van der Waals surface area (Å²) in [7, 11) is 0. The molecule has 0 bridgehead atoms. The predicted octanol–water partition coefficient (Wildman–Crippen LogP) is 4.73. The van der Waals surface area contributed by atoms with Crippen molar-refractivity contribution in [2.75, 3.05) is 0 Å². The van der Waals surface area contributed by atoms with E-state index in [9.17, 15) is 0 Å². The molecule has 0 fully saturated rings. The van der Waals surface area contributed by atoms with Gasteiger partial charge in [0.2, 0.25) is 0 Å². The van der Waals surface area contributed by atoms with Gasteiger partial charge in [0, 0.05) is 0 Å². The van der Waals surface area contributed by atoms with Gasteiger partial charge < -0.3 is 0 Å². The topological polar surface area (TPSA) is 23.8 Å². The predicted molar refractivity (Wildman–Crippen MR) is 79.7 cm³/mol. The van der Waals surface area contributed by atoms with Crippen LogP contribution in [0.4, 0.5) is 0 Å². The van der Waals surface area contributed by atoms with Crippen molar-refractivity contribution in [3.8, 4) is 17.2 Å². The number of nitriles is 1. The highest BCUT2D eigenvalue weighted by molar-refractivity contribution is 5.64. The molecular formula is C18H17N. The van der Waals surface area contributed by atoms with E-state index in [1.54, 1.807) is 0 Å². The second kappa shape index (κ2) is 6.56. The molecule has 2 rings (SSSR count). The number of aryl methyl sites for hydroxylation is 1. The van der Waals surface area contributed by atoms with Crippen LogP contribution in [0.3, 0.4) is 0 Å². The highest BCUT2D eigenvalue weighted by Gasteiger charge is 1.98. The molecule has 0 unspecified atom stereocenters. The first-order valence-electron chi connectivity index (χ1n) is 6.54. The van der Waals surface area contributed by atoms with E-state index in [2.05, 4.69) is 42.5 Å². The van der Waals surface area contributed by atoms with E-state index in [-0.39, 0.29) is 0 Å². The summed E-state index contributed by atoms with van der Waals surface area (Å²) in [6.07, 6.45) is 6.45. The van der Waals surface area contributed by atoms with Crippen molar-refractivity contribution < 1.29 is 0 Å². The molecule has 0 heterocycles. The molecule has 1 nitrogen and oxygen atoms in total. The lowest BCUT2D eigenvalue weighted by Crippen LogP contribution is -1.84. The minimum atomic E-state index is 0.701. The molecule has 0 radical (unpaired) electrons. The minimum Gasteiger partial charge on any atom is -0.192 e. The van der Waals surface area contributed by atoms with Gasteiger partial charge in [-0.1, -0.05) is 48.6 Å². The maximum absolute atomic E-state index is 8.78. The first-order valence-corrected chi connectivity index (χ1v) is 6.54. The SMILES string of the molecule is C/C=C/CCc1ccc(-c2ccc(C#N)cc2)cc1. The number of nitrogens with zero attached hydrogens (tertiary/aromatic N) is 1. The Balaban J connectivity index is 2.11. The van der Waals surface area contributed by atoms with Gasteiger partial charge in [-0.15, -0.1) is 0 Å². The molecule has 19 heavy (non-hydrogen) atoms. The third-order valence-electron chi connectivity index (χ3n) is 3.14. The molecule has 0 spiro atoms. The molecule has 94 valence electrons. The Morgan fingerprint density at radius 1 is 0.947 bits per heavy atom. The largest absolute Gasteiger partial charge is 0.192 e. The van der Waals surface area contributed by atoms with Crippen molar-refractivity contribution in [2.24, 2.45) is 0 Å². The lowest BCUT2D eigenvalue weighted by Gasteiger charge is -2.04. The molecule has 0 aromatic heterocycles. The van der Waals surface area contributed by atoms with Crippen LogP contribution in [0.2, 0.25) is 0 Å². The summed E-state index contributed by atoms with van der Waals surface area (Å²) >= 11 is 0. The molecule has 2 aromatic carbocycles. The van der Waals surface area contributed by atoms with E-state index >= 15 is 0 Å². The summed E-state index contributed by atoms with van der Waals surface area (Å²) in [5, 5.41) is 8.78. The average molecular weight is 247 g/mol. The number of hydrogen-bond donors (Lipinski definition) is 0. The zero-order chi connectivity index (χ0) is 13.5. The van der Waals surface area contributed by atoms with Gasteiger partial charge in [-0.25, -0.2) is 0 Å². The fourth-order valence-corrected chi connectivity index (χ4v) is 2.02. The van der Waals surface area contributed by atoms with Gasteiger partial charge in [0.1, 0.15) is 0 Å². The smallest absolute Gasteiger partial charge is 0.0991 e.